The van der Waals surface area contributed by atoms with Gasteiger partial charge in [-0.3, -0.25) is 4.79 Å². The molecule has 84 valence electrons. The van der Waals surface area contributed by atoms with Crippen molar-refractivity contribution < 1.29 is 4.79 Å². The van der Waals surface area contributed by atoms with Gasteiger partial charge in [0.2, 0.25) is 0 Å². The molecule has 15 heavy (non-hydrogen) atoms. The van der Waals surface area contributed by atoms with Crippen LogP contribution in [0.3, 0.4) is 0 Å². The molecule has 1 aliphatic carbocycles. The minimum atomic E-state index is 0.268. The molecule has 0 aromatic carbocycles. The van der Waals surface area contributed by atoms with Crippen LogP contribution in [0.1, 0.15) is 58.8 Å². The highest BCUT2D eigenvalue weighted by Crippen LogP contribution is 2.26. The lowest BCUT2D eigenvalue weighted by atomic mass is 9.89. The molecule has 0 N–H and O–H groups in total. The van der Waals surface area contributed by atoms with E-state index >= 15 is 0 Å². The lowest BCUT2D eigenvalue weighted by molar-refractivity contribution is -0.113. The topological polar surface area (TPSA) is 17.1 Å². The van der Waals surface area contributed by atoms with E-state index in [4.69, 9.17) is 0 Å². The fourth-order valence-corrected chi connectivity index (χ4v) is 2.06. The first-order chi connectivity index (χ1) is 7.25. The molecule has 1 heteroatoms. The first-order valence-corrected chi connectivity index (χ1v) is 6.15. The number of hydrogen-bond acceptors (Lipinski definition) is 1. The Labute approximate surface area is 93.3 Å². The van der Waals surface area contributed by atoms with Gasteiger partial charge < -0.3 is 0 Å². The fraction of sp³-hybridized carbons (Fsp3) is 0.643. The van der Waals surface area contributed by atoms with Gasteiger partial charge in [0, 0.05) is 0 Å². The Morgan fingerprint density at radius 1 is 1.33 bits per heavy atom. The minimum Gasteiger partial charge on any atom is -0.295 e. The molecule has 0 spiro atoms. The van der Waals surface area contributed by atoms with Gasteiger partial charge in [-0.05, 0) is 50.2 Å². The quantitative estimate of drug-likeness (QED) is 0.616. The molecule has 0 fully saturated rings. The maximum absolute atomic E-state index is 11.4. The van der Waals surface area contributed by atoms with Crippen molar-refractivity contribution in [1.29, 1.82) is 0 Å². The van der Waals surface area contributed by atoms with Crippen LogP contribution in [0.5, 0.6) is 0 Å². The number of hydrogen-bond donors (Lipinski definition) is 0. The third-order valence-electron chi connectivity index (χ3n) is 2.98. The van der Waals surface area contributed by atoms with E-state index in [9.17, 15) is 4.79 Å². The van der Waals surface area contributed by atoms with Crippen LogP contribution in [0.2, 0.25) is 0 Å². The highest BCUT2D eigenvalue weighted by molar-refractivity contribution is 5.94. The predicted octanol–water partition coefficient (Wildman–Crippen LogP) is 4.19. The molecular formula is C14H22O. The maximum atomic E-state index is 11.4. The highest BCUT2D eigenvalue weighted by atomic mass is 16.1. The Morgan fingerprint density at radius 3 is 2.73 bits per heavy atom. The molecule has 0 saturated carbocycles. The molecule has 1 rings (SSSR count). The molecule has 0 atom stereocenters. The molecule has 0 aromatic rings. The number of unbranched alkanes of at least 4 members (excludes halogenated alkanes) is 2. The van der Waals surface area contributed by atoms with Crippen LogP contribution in [0.15, 0.2) is 23.3 Å². The van der Waals surface area contributed by atoms with Crippen molar-refractivity contribution in [2.24, 2.45) is 0 Å². The molecule has 0 radical (unpaired) electrons. The van der Waals surface area contributed by atoms with E-state index in [0.717, 1.165) is 24.8 Å². The molecule has 0 heterocycles. The fourth-order valence-electron chi connectivity index (χ4n) is 2.06. The van der Waals surface area contributed by atoms with Gasteiger partial charge >= 0.3 is 0 Å². The standard InChI is InChI=1S/C14H22O/c1-3-4-5-6-9-13-10-7-8-11-14(13)12(2)15/h6,9H,3-5,7-8,10-11H2,1-2H3/b9-6+. The Morgan fingerprint density at radius 2 is 2.07 bits per heavy atom. The van der Waals surface area contributed by atoms with E-state index in [2.05, 4.69) is 19.1 Å². The van der Waals surface area contributed by atoms with Gasteiger partial charge in [0.1, 0.15) is 0 Å². The largest absolute Gasteiger partial charge is 0.295 e. The molecule has 1 aliphatic rings. The molecule has 0 aliphatic heterocycles. The summed E-state index contributed by atoms with van der Waals surface area (Å²) >= 11 is 0. The summed E-state index contributed by atoms with van der Waals surface area (Å²) in [7, 11) is 0. The van der Waals surface area contributed by atoms with Crippen molar-refractivity contribution in [3.05, 3.63) is 23.3 Å². The summed E-state index contributed by atoms with van der Waals surface area (Å²) in [6.45, 7) is 3.90. The molecule has 0 amide bonds. The van der Waals surface area contributed by atoms with Crippen LogP contribution in [-0.4, -0.2) is 5.78 Å². The summed E-state index contributed by atoms with van der Waals surface area (Å²) in [6.07, 6.45) is 12.6. The molecule has 0 bridgehead atoms. The van der Waals surface area contributed by atoms with E-state index in [1.165, 1.54) is 31.3 Å². The van der Waals surface area contributed by atoms with Gasteiger partial charge in [-0.2, -0.15) is 0 Å². The minimum absolute atomic E-state index is 0.268. The zero-order valence-corrected chi connectivity index (χ0v) is 10.0. The van der Waals surface area contributed by atoms with Gasteiger partial charge in [0.15, 0.2) is 5.78 Å². The Balaban J connectivity index is 2.62. The summed E-state index contributed by atoms with van der Waals surface area (Å²) in [5.41, 5.74) is 2.37. The number of allylic oxidation sites excluding steroid dienone is 4. The first kappa shape index (κ1) is 12.2. The highest BCUT2D eigenvalue weighted by Gasteiger charge is 2.13. The summed E-state index contributed by atoms with van der Waals surface area (Å²) in [5, 5.41) is 0. The third-order valence-corrected chi connectivity index (χ3v) is 2.98. The number of Topliss-reactive ketones (excluding diaryl/α,β-unsaturated/α-hetero) is 1. The molecule has 0 saturated heterocycles. The smallest absolute Gasteiger partial charge is 0.156 e. The Bertz CT molecular complexity index is 271. The van der Waals surface area contributed by atoms with Crippen molar-refractivity contribution in [1.82, 2.24) is 0 Å². The summed E-state index contributed by atoms with van der Waals surface area (Å²) in [6, 6.07) is 0. The second kappa shape index (κ2) is 6.60. The average molecular weight is 206 g/mol. The second-order valence-electron chi connectivity index (χ2n) is 4.31. The maximum Gasteiger partial charge on any atom is 0.156 e. The summed E-state index contributed by atoms with van der Waals surface area (Å²) < 4.78 is 0. The van der Waals surface area contributed by atoms with Gasteiger partial charge in [-0.1, -0.05) is 31.9 Å². The lowest BCUT2D eigenvalue weighted by Gasteiger charge is -2.15. The van der Waals surface area contributed by atoms with Crippen molar-refractivity contribution in [3.8, 4) is 0 Å². The van der Waals surface area contributed by atoms with Crippen molar-refractivity contribution >= 4 is 5.78 Å². The third kappa shape index (κ3) is 4.03. The van der Waals surface area contributed by atoms with Gasteiger partial charge in [0.25, 0.3) is 0 Å². The van der Waals surface area contributed by atoms with Crippen LogP contribution in [-0.2, 0) is 4.79 Å². The van der Waals surface area contributed by atoms with Gasteiger partial charge in [0.05, 0.1) is 0 Å². The van der Waals surface area contributed by atoms with Crippen LogP contribution >= 0.6 is 0 Å². The van der Waals surface area contributed by atoms with Crippen LogP contribution < -0.4 is 0 Å². The SMILES string of the molecule is CCCC/C=C/C1=C(C(C)=O)CCCC1. The lowest BCUT2D eigenvalue weighted by Crippen LogP contribution is -2.05. The Kier molecular flexibility index (Phi) is 5.38. The van der Waals surface area contributed by atoms with E-state index in [1.54, 1.807) is 6.92 Å². The van der Waals surface area contributed by atoms with E-state index in [0.29, 0.717) is 0 Å². The van der Waals surface area contributed by atoms with Crippen LogP contribution in [0.4, 0.5) is 0 Å². The van der Waals surface area contributed by atoms with Crippen molar-refractivity contribution in [2.45, 2.75) is 58.8 Å². The number of rotatable bonds is 5. The monoisotopic (exact) mass is 206 g/mol. The summed E-state index contributed by atoms with van der Waals surface area (Å²) in [4.78, 5) is 11.4. The average Bonchev–Trinajstić information content (AvgIpc) is 2.25. The first-order valence-electron chi connectivity index (χ1n) is 6.15. The summed E-state index contributed by atoms with van der Waals surface area (Å²) in [5.74, 6) is 0.268. The number of ketones is 1. The van der Waals surface area contributed by atoms with E-state index in [1.807, 2.05) is 0 Å². The molecule has 0 aromatic heterocycles. The number of carbonyl (C=O) groups is 1. The zero-order valence-electron chi connectivity index (χ0n) is 10.0. The molecule has 0 unspecified atom stereocenters. The second-order valence-corrected chi connectivity index (χ2v) is 4.31. The zero-order chi connectivity index (χ0) is 11.1. The number of carbonyl (C=O) groups excluding carboxylic acids is 1. The molecular weight excluding hydrogens is 184 g/mol. The van der Waals surface area contributed by atoms with Crippen molar-refractivity contribution in [2.75, 3.05) is 0 Å². The van der Waals surface area contributed by atoms with Crippen LogP contribution in [0, 0.1) is 0 Å². The van der Waals surface area contributed by atoms with E-state index < -0.39 is 0 Å². The van der Waals surface area contributed by atoms with E-state index in [-0.39, 0.29) is 5.78 Å². The molecule has 1 nitrogen and oxygen atoms in total. The normalized spacial score (nSPS) is 17.5. The van der Waals surface area contributed by atoms with Crippen molar-refractivity contribution in [3.63, 3.8) is 0 Å². The van der Waals surface area contributed by atoms with Gasteiger partial charge in [-0.25, -0.2) is 0 Å². The Hall–Kier alpha value is -0.850. The van der Waals surface area contributed by atoms with Gasteiger partial charge in [-0.15, -0.1) is 0 Å². The van der Waals surface area contributed by atoms with Crippen LogP contribution in [0.25, 0.3) is 0 Å². The predicted molar refractivity (Wildman–Crippen MR) is 64.8 cm³/mol.